The lowest BCUT2D eigenvalue weighted by atomic mass is 9.12. The second kappa shape index (κ2) is 21.9. The van der Waals surface area contributed by atoms with Crippen LogP contribution in [0.15, 0.2) is 72.8 Å². The second-order valence-corrected chi connectivity index (χ2v) is 22.1. The summed E-state index contributed by atoms with van der Waals surface area (Å²) in [5.74, 6) is -71.4. The van der Waals surface area contributed by atoms with Gasteiger partial charge >= 0.3 is 21.2 Å². The average molecular weight is 1240 g/mol. The summed E-state index contributed by atoms with van der Waals surface area (Å²) in [7, 11) is 0. The Labute approximate surface area is 428 Å². The number of nitro groups is 2. The molecule has 76 heavy (non-hydrogen) atoms. The van der Waals surface area contributed by atoms with E-state index in [-0.39, 0.29) is 42.4 Å². The lowest BCUT2D eigenvalue weighted by molar-refractivity contribution is -0.585. The van der Waals surface area contributed by atoms with Crippen molar-refractivity contribution < 1.29 is 119 Å². The van der Waals surface area contributed by atoms with Crippen molar-refractivity contribution in [3.63, 3.8) is 0 Å². The molecule has 8 rings (SSSR count). The molecule has 6 nitrogen and oxygen atoms in total. The highest BCUT2D eigenvalue weighted by Gasteiger charge is 2.52. The number of nitrogens with zero attached hydrogens (tertiary/aromatic N) is 2. The number of nitro benzene ring substituents is 2. The van der Waals surface area contributed by atoms with Crippen LogP contribution in [0.5, 0.6) is 0 Å². The van der Waals surface area contributed by atoms with Gasteiger partial charge in [0.25, 0.3) is 11.4 Å². The molecule has 0 spiro atoms. The maximum Gasteiger partial charge on any atom is 0.381 e. The molecule has 396 valence electrons. The van der Waals surface area contributed by atoms with E-state index in [0.717, 1.165) is 20.9 Å². The van der Waals surface area contributed by atoms with Gasteiger partial charge in [-0.2, -0.15) is 0 Å². The minimum Gasteiger partial charge on any atom is -0.258 e. The molecule has 30 heteroatoms. The maximum absolute atomic E-state index is 15.4. The Bertz CT molecular complexity index is 3220. The van der Waals surface area contributed by atoms with E-state index in [1.807, 2.05) is 12.1 Å². The van der Waals surface area contributed by atoms with Gasteiger partial charge in [-0.3, -0.25) is 20.2 Å². The standard InChI is InChI=1S/C24BF20.C22H16IN2O4S2/c26-5-1(6(27)14(35)21(42)13(5)34)25(2-7(28)15(36)22(43)16(37)8(2)29,3-9(30)17(38)23(44)18(39)10(3)31)4-11(32)19(40)24(45)20(41)12(4)33;26-24(27)19-7-3-1-5-15(19)13-17-9-11-21(30-17)23-22-12-10-18(31-22)14-16-6-2-4-8-20(16)25(28)29/h;1-12H,13-14H2/q-1;+1. The van der Waals surface area contributed by atoms with Crippen LogP contribution in [0.2, 0.25) is 0 Å². The topological polar surface area (TPSA) is 86.3 Å². The third kappa shape index (κ3) is 9.72. The molecule has 0 N–H and O–H groups in total. The van der Waals surface area contributed by atoms with Crippen LogP contribution in [-0.2, 0) is 12.8 Å². The molecule has 8 aromatic rings. The number of rotatable bonds is 12. The molecule has 2 heterocycles. The number of para-hydroxylation sites is 2. The lowest BCUT2D eigenvalue weighted by Crippen LogP contribution is -3.61. The Morgan fingerprint density at radius 3 is 0.803 bits per heavy atom. The summed E-state index contributed by atoms with van der Waals surface area (Å²) < 4.78 is 297. The van der Waals surface area contributed by atoms with E-state index in [0.29, 0.717) is 12.8 Å². The quantitative estimate of drug-likeness (QED) is 0.0233. The molecule has 0 saturated carbocycles. The monoisotopic (exact) mass is 1240 g/mol. The van der Waals surface area contributed by atoms with Gasteiger partial charge in [-0.25, -0.2) is 87.8 Å². The molecule has 0 saturated heterocycles. The van der Waals surface area contributed by atoms with E-state index in [4.69, 9.17) is 0 Å². The van der Waals surface area contributed by atoms with Crippen LogP contribution < -0.4 is 43.1 Å². The Morgan fingerprint density at radius 2 is 0.566 bits per heavy atom. The molecule has 0 radical (unpaired) electrons. The summed E-state index contributed by atoms with van der Waals surface area (Å²) in [5.41, 5.74) is -12.6. The molecule has 0 atom stereocenters. The predicted octanol–water partition coefficient (Wildman–Crippen LogP) is 8.78. The van der Waals surface area contributed by atoms with E-state index in [1.54, 1.807) is 59.1 Å². The van der Waals surface area contributed by atoms with Crippen molar-refractivity contribution in [1.82, 2.24) is 0 Å². The number of thiophene rings is 2. The van der Waals surface area contributed by atoms with Crippen LogP contribution in [0, 0.1) is 142 Å². The van der Waals surface area contributed by atoms with Gasteiger partial charge in [-0.1, -0.05) is 59.1 Å². The fourth-order valence-corrected chi connectivity index (χ4v) is 14.6. The Balaban J connectivity index is 0.000000236. The van der Waals surface area contributed by atoms with Crippen LogP contribution in [0.25, 0.3) is 0 Å². The summed E-state index contributed by atoms with van der Waals surface area (Å²) in [5, 5.41) is 22.5. The van der Waals surface area contributed by atoms with Crippen molar-refractivity contribution in [2.75, 3.05) is 0 Å². The molecule has 0 unspecified atom stereocenters. The highest BCUT2D eigenvalue weighted by atomic mass is 127. The summed E-state index contributed by atoms with van der Waals surface area (Å²) in [6, 6.07) is 22.1. The predicted molar refractivity (Wildman–Crippen MR) is 227 cm³/mol. The third-order valence-corrected chi connectivity index (χ3v) is 17.1. The fraction of sp³-hybridized carbons (Fsp3) is 0.0435. The van der Waals surface area contributed by atoms with Crippen molar-refractivity contribution in [2.45, 2.75) is 12.8 Å². The molecular weight excluding hydrogens is 1230 g/mol. The van der Waals surface area contributed by atoms with Crippen LogP contribution in [-0.4, -0.2) is 16.0 Å². The van der Waals surface area contributed by atoms with E-state index in [9.17, 15) is 72.9 Å². The number of hydrogen-bond acceptors (Lipinski definition) is 6. The molecule has 2 aromatic heterocycles. The Hall–Kier alpha value is -7.09. The summed E-state index contributed by atoms with van der Waals surface area (Å²) in [4.78, 5) is 24.0. The van der Waals surface area contributed by atoms with E-state index in [1.165, 1.54) is 5.77 Å². The van der Waals surface area contributed by atoms with E-state index >= 15 is 35.1 Å². The summed E-state index contributed by atoms with van der Waals surface area (Å²) >= 11 is 3.06. The van der Waals surface area contributed by atoms with Crippen LogP contribution in [0.3, 0.4) is 0 Å². The van der Waals surface area contributed by atoms with Gasteiger partial charge in [0, 0.05) is 58.0 Å². The molecular formula is C46H16BF20IN2O4S2. The minimum absolute atomic E-state index is 0.157. The SMILES string of the molecule is Fc1c(F)c(F)c([B-](c2c(F)c(F)c(F)c(F)c2F)(c2c(F)c(F)c(F)c(F)c2F)c2c(F)c(F)c(F)c(F)c2F)c(F)c1F.O=[N+]([O-])c1ccccc1Cc1ccc([I+]c2ccc(Cc3ccccc3[N+](=O)[O-])s2)s1. The normalized spacial score (nSPS) is 11.5. The van der Waals surface area contributed by atoms with Gasteiger partial charge in [-0.05, 0) is 12.1 Å². The van der Waals surface area contributed by atoms with Crippen molar-refractivity contribution >= 4 is 62.0 Å². The first-order valence-electron chi connectivity index (χ1n) is 20.2. The van der Waals surface area contributed by atoms with Crippen LogP contribution in [0.4, 0.5) is 99.2 Å². The zero-order valence-electron chi connectivity index (χ0n) is 36.2. The number of hydrogen-bond donors (Lipinski definition) is 0. The van der Waals surface area contributed by atoms with Crippen LogP contribution >= 0.6 is 22.7 Å². The minimum atomic E-state index is -7.22. The molecule has 0 aliphatic carbocycles. The molecule has 0 fully saturated rings. The summed E-state index contributed by atoms with van der Waals surface area (Å²) in [6.45, 7) is 0. The second-order valence-electron chi connectivity index (χ2n) is 15.4. The highest BCUT2D eigenvalue weighted by Crippen LogP contribution is 2.32. The zero-order chi connectivity index (χ0) is 56.2. The van der Waals surface area contributed by atoms with Crippen molar-refractivity contribution in [3.8, 4) is 0 Å². The lowest BCUT2D eigenvalue weighted by Gasteiger charge is -2.44. The molecule has 0 amide bonds. The van der Waals surface area contributed by atoms with E-state index in [2.05, 4.69) is 24.3 Å². The molecule has 0 aliphatic rings. The zero-order valence-corrected chi connectivity index (χ0v) is 40.0. The van der Waals surface area contributed by atoms with E-state index < -0.39 is 144 Å². The van der Waals surface area contributed by atoms with Gasteiger partial charge in [-0.15, -0.1) is 21.9 Å². The van der Waals surface area contributed by atoms with Gasteiger partial charge < -0.3 is 0 Å². The first-order valence-corrected chi connectivity index (χ1v) is 24.0. The average Bonchev–Trinajstić information content (AvgIpc) is 4.04. The Kier molecular flexibility index (Phi) is 16.3. The van der Waals surface area contributed by atoms with Gasteiger partial charge in [0.1, 0.15) is 52.7 Å². The number of halogens is 21. The molecule has 0 aliphatic heterocycles. The van der Waals surface area contributed by atoms with Crippen LogP contribution in [0.1, 0.15) is 20.9 Å². The highest BCUT2D eigenvalue weighted by molar-refractivity contribution is 7.20. The summed E-state index contributed by atoms with van der Waals surface area (Å²) in [6.07, 6.45) is -6.11. The largest absolute Gasteiger partial charge is 0.381 e. The number of benzene rings is 6. The molecule has 6 aromatic carbocycles. The van der Waals surface area contributed by atoms with Crippen molar-refractivity contribution in [2.24, 2.45) is 0 Å². The van der Waals surface area contributed by atoms with Crippen molar-refractivity contribution in [3.05, 3.63) is 236 Å². The molecule has 0 bridgehead atoms. The van der Waals surface area contributed by atoms with Crippen molar-refractivity contribution in [1.29, 1.82) is 0 Å². The van der Waals surface area contributed by atoms with Gasteiger partial charge in [0.05, 0.1) is 9.85 Å². The smallest absolute Gasteiger partial charge is 0.258 e. The van der Waals surface area contributed by atoms with Gasteiger partial charge in [0.2, 0.25) is 5.77 Å². The first kappa shape index (κ1) is 56.6. The fourth-order valence-electron chi connectivity index (χ4n) is 8.01. The van der Waals surface area contributed by atoms with Gasteiger partial charge in [0.15, 0.2) is 69.8 Å². The third-order valence-electron chi connectivity index (χ3n) is 11.3. The first-order chi connectivity index (χ1) is 35.7. The maximum atomic E-state index is 15.4. The Morgan fingerprint density at radius 1 is 0.342 bits per heavy atom.